The number of benzene rings is 3. The van der Waals surface area contributed by atoms with Crippen molar-refractivity contribution in [2.45, 2.75) is 50.2 Å². The van der Waals surface area contributed by atoms with Gasteiger partial charge in [0.1, 0.15) is 16.7 Å². The average Bonchev–Trinajstić information content (AvgIpc) is 3.14. The van der Waals surface area contributed by atoms with E-state index in [9.17, 15) is 22.8 Å². The molecule has 9 nitrogen and oxygen atoms in total. The first-order valence-electron chi connectivity index (χ1n) is 13.0. The third kappa shape index (κ3) is 6.34. The molecule has 1 N–H and O–H groups in total. The topological polar surface area (TPSA) is 113 Å². The number of carbonyl (C=O) groups is 3. The molecule has 40 heavy (non-hydrogen) atoms. The van der Waals surface area contributed by atoms with Gasteiger partial charge in [0.2, 0.25) is 11.8 Å². The van der Waals surface area contributed by atoms with Gasteiger partial charge in [0.25, 0.3) is 15.9 Å². The van der Waals surface area contributed by atoms with Crippen LogP contribution in [-0.2, 0) is 32.6 Å². The fourth-order valence-electron chi connectivity index (χ4n) is 4.70. The van der Waals surface area contributed by atoms with E-state index in [1.807, 2.05) is 50.2 Å². The Labute approximate surface area is 234 Å². The van der Waals surface area contributed by atoms with E-state index >= 15 is 0 Å². The van der Waals surface area contributed by atoms with Gasteiger partial charge in [-0.3, -0.25) is 14.4 Å². The molecule has 1 aliphatic rings. The van der Waals surface area contributed by atoms with E-state index < -0.39 is 27.9 Å². The van der Waals surface area contributed by atoms with Crippen LogP contribution in [0.25, 0.3) is 0 Å². The SMILES string of the molecule is COc1cccc(CN(C(=O)CCN2C(=O)c3ccccc3S2(=O)=O)C(Cc2ccccc2)C(=O)NC(C)C)c1. The molecule has 0 bridgehead atoms. The Hall–Kier alpha value is -4.18. The Morgan fingerprint density at radius 1 is 0.950 bits per heavy atom. The standard InChI is InChI=1S/C30H33N3O6S/c1-21(2)31-29(35)26(19-22-10-5-4-6-11-22)32(20-23-12-9-13-24(18-23)39-3)28(34)16-17-33-30(36)25-14-7-8-15-27(25)40(33,37)38/h4-15,18,21,26H,16-17,19-20H2,1-3H3,(H,31,35). The van der Waals surface area contributed by atoms with Crippen LogP contribution >= 0.6 is 0 Å². The van der Waals surface area contributed by atoms with E-state index in [2.05, 4.69) is 5.32 Å². The molecule has 4 rings (SSSR count). The van der Waals surface area contributed by atoms with Gasteiger partial charge >= 0.3 is 0 Å². The lowest BCUT2D eigenvalue weighted by atomic mass is 10.0. The molecule has 10 heteroatoms. The Kier molecular flexibility index (Phi) is 8.89. The molecule has 1 heterocycles. The monoisotopic (exact) mass is 563 g/mol. The highest BCUT2D eigenvalue weighted by Gasteiger charge is 2.41. The normalized spacial score (nSPS) is 14.5. The lowest BCUT2D eigenvalue weighted by Gasteiger charge is -2.32. The first-order valence-corrected chi connectivity index (χ1v) is 14.5. The van der Waals surface area contributed by atoms with E-state index in [1.165, 1.54) is 17.0 Å². The number of nitrogens with one attached hydrogen (secondary N) is 1. The van der Waals surface area contributed by atoms with E-state index in [4.69, 9.17) is 4.74 Å². The molecule has 0 saturated carbocycles. The minimum Gasteiger partial charge on any atom is -0.497 e. The Bertz CT molecular complexity index is 1490. The van der Waals surface area contributed by atoms with Crippen molar-refractivity contribution in [3.05, 3.63) is 95.6 Å². The molecule has 0 spiro atoms. The molecule has 0 saturated heterocycles. The van der Waals surface area contributed by atoms with Crippen LogP contribution in [-0.4, -0.2) is 61.1 Å². The van der Waals surface area contributed by atoms with Gasteiger partial charge in [-0.2, -0.15) is 0 Å². The van der Waals surface area contributed by atoms with Gasteiger partial charge in [-0.05, 0) is 49.2 Å². The predicted octanol–water partition coefficient (Wildman–Crippen LogP) is 3.39. The van der Waals surface area contributed by atoms with Crippen LogP contribution in [0.1, 0.15) is 41.8 Å². The smallest absolute Gasteiger partial charge is 0.269 e. The number of fused-ring (bicyclic) bond motifs is 1. The van der Waals surface area contributed by atoms with Gasteiger partial charge in [0, 0.05) is 32.0 Å². The quantitative estimate of drug-likeness (QED) is 0.383. The summed E-state index contributed by atoms with van der Waals surface area (Å²) in [4.78, 5) is 41.6. The Morgan fingerprint density at radius 2 is 1.62 bits per heavy atom. The number of hydrogen-bond acceptors (Lipinski definition) is 6. The van der Waals surface area contributed by atoms with Crippen LogP contribution in [0.5, 0.6) is 5.75 Å². The van der Waals surface area contributed by atoms with Gasteiger partial charge < -0.3 is 15.0 Å². The second kappa shape index (κ2) is 12.3. The molecule has 0 aromatic heterocycles. The lowest BCUT2D eigenvalue weighted by molar-refractivity contribution is -0.141. The maximum atomic E-state index is 13.9. The number of methoxy groups -OCH3 is 1. The zero-order valence-corrected chi connectivity index (χ0v) is 23.6. The molecule has 0 aliphatic carbocycles. The van der Waals surface area contributed by atoms with Crippen LogP contribution in [0.2, 0.25) is 0 Å². The van der Waals surface area contributed by atoms with Crippen LogP contribution in [0.3, 0.4) is 0 Å². The maximum Gasteiger partial charge on any atom is 0.269 e. The molecule has 1 aliphatic heterocycles. The van der Waals surface area contributed by atoms with Gasteiger partial charge in [0.15, 0.2) is 0 Å². The fourth-order valence-corrected chi connectivity index (χ4v) is 6.26. The summed E-state index contributed by atoms with van der Waals surface area (Å²) in [6, 6.07) is 21.5. The van der Waals surface area contributed by atoms with Crippen LogP contribution in [0.15, 0.2) is 83.8 Å². The molecule has 0 fully saturated rings. The van der Waals surface area contributed by atoms with Crippen LogP contribution < -0.4 is 10.1 Å². The maximum absolute atomic E-state index is 13.9. The van der Waals surface area contributed by atoms with Crippen LogP contribution in [0, 0.1) is 0 Å². The van der Waals surface area contributed by atoms with Crippen LogP contribution in [0.4, 0.5) is 0 Å². The Morgan fingerprint density at radius 3 is 2.30 bits per heavy atom. The summed E-state index contributed by atoms with van der Waals surface area (Å²) in [5, 5.41) is 2.92. The average molecular weight is 564 g/mol. The number of ether oxygens (including phenoxy) is 1. The number of amides is 3. The molecule has 0 radical (unpaired) electrons. The molecule has 3 aromatic rings. The second-order valence-corrected chi connectivity index (χ2v) is 11.7. The number of carbonyl (C=O) groups excluding carboxylic acids is 3. The van der Waals surface area contributed by atoms with E-state index in [0.29, 0.717) is 5.75 Å². The summed E-state index contributed by atoms with van der Waals surface area (Å²) >= 11 is 0. The molecule has 3 amide bonds. The summed E-state index contributed by atoms with van der Waals surface area (Å²) in [6.45, 7) is 3.42. The molecule has 1 unspecified atom stereocenters. The third-order valence-electron chi connectivity index (χ3n) is 6.63. The molecule has 1 atom stereocenters. The van der Waals surface area contributed by atoms with Gasteiger partial charge in [-0.15, -0.1) is 0 Å². The van der Waals surface area contributed by atoms with Crippen molar-refractivity contribution < 1.29 is 27.5 Å². The highest BCUT2D eigenvalue weighted by Crippen LogP contribution is 2.30. The number of hydrogen-bond donors (Lipinski definition) is 1. The van der Waals surface area contributed by atoms with Gasteiger partial charge in [-0.25, -0.2) is 12.7 Å². The van der Waals surface area contributed by atoms with Gasteiger partial charge in [0.05, 0.1) is 12.7 Å². The minimum absolute atomic E-state index is 0.0704. The van der Waals surface area contributed by atoms with Crippen molar-refractivity contribution in [1.82, 2.24) is 14.5 Å². The van der Waals surface area contributed by atoms with Crippen molar-refractivity contribution in [3.63, 3.8) is 0 Å². The third-order valence-corrected chi connectivity index (χ3v) is 8.47. The van der Waals surface area contributed by atoms with Crippen molar-refractivity contribution >= 4 is 27.7 Å². The summed E-state index contributed by atoms with van der Waals surface area (Å²) in [6.07, 6.45) is -0.0370. The number of nitrogens with zero attached hydrogens (tertiary/aromatic N) is 2. The second-order valence-electron chi connectivity index (χ2n) is 9.87. The van der Waals surface area contributed by atoms with Crippen molar-refractivity contribution in [2.24, 2.45) is 0 Å². The highest BCUT2D eigenvalue weighted by molar-refractivity contribution is 7.90. The predicted molar refractivity (Wildman–Crippen MR) is 150 cm³/mol. The first-order chi connectivity index (χ1) is 19.1. The molecular weight excluding hydrogens is 530 g/mol. The lowest BCUT2D eigenvalue weighted by Crippen LogP contribution is -2.52. The summed E-state index contributed by atoms with van der Waals surface area (Å²) in [5.74, 6) is -0.849. The summed E-state index contributed by atoms with van der Waals surface area (Å²) < 4.78 is 32.2. The van der Waals surface area contributed by atoms with E-state index in [0.717, 1.165) is 15.4 Å². The zero-order chi connectivity index (χ0) is 28.9. The zero-order valence-electron chi connectivity index (χ0n) is 22.7. The summed E-state index contributed by atoms with van der Waals surface area (Å²) in [7, 11) is -2.53. The number of sulfonamides is 1. The summed E-state index contributed by atoms with van der Waals surface area (Å²) in [5.41, 5.74) is 1.68. The van der Waals surface area contributed by atoms with E-state index in [1.54, 1.807) is 37.4 Å². The first kappa shape index (κ1) is 28.8. The highest BCUT2D eigenvalue weighted by atomic mass is 32.2. The van der Waals surface area contributed by atoms with E-state index in [-0.39, 0.29) is 48.3 Å². The molecule has 210 valence electrons. The van der Waals surface area contributed by atoms with Crippen molar-refractivity contribution in [2.75, 3.05) is 13.7 Å². The van der Waals surface area contributed by atoms with Crippen molar-refractivity contribution in [1.29, 1.82) is 0 Å². The molecular formula is C30H33N3O6S. The molecule has 3 aromatic carbocycles. The minimum atomic E-state index is -4.07. The van der Waals surface area contributed by atoms with Crippen molar-refractivity contribution in [3.8, 4) is 5.75 Å². The number of rotatable bonds is 11. The van der Waals surface area contributed by atoms with Gasteiger partial charge in [-0.1, -0.05) is 54.6 Å². The fraction of sp³-hybridized carbons (Fsp3) is 0.300. The Balaban J connectivity index is 1.65. The largest absolute Gasteiger partial charge is 0.497 e.